The largest absolute Gasteiger partial charge is 0.324 e. The molecule has 0 bridgehead atoms. The van der Waals surface area contributed by atoms with Crippen molar-refractivity contribution in [1.82, 2.24) is 4.90 Å². The van der Waals surface area contributed by atoms with Crippen LogP contribution in [-0.2, 0) is 4.79 Å². The van der Waals surface area contributed by atoms with Crippen LogP contribution < -0.4 is 4.90 Å². The minimum absolute atomic E-state index is 0.00278. The number of hydrogen-bond donors (Lipinski definition) is 0. The minimum atomic E-state index is -0.572. The molecule has 7 heteroatoms. The van der Waals surface area contributed by atoms with Crippen LogP contribution in [0.3, 0.4) is 0 Å². The Morgan fingerprint density at radius 2 is 1.80 bits per heavy atom. The van der Waals surface area contributed by atoms with E-state index in [9.17, 15) is 19.7 Å². The molecule has 2 aromatic rings. The van der Waals surface area contributed by atoms with E-state index < -0.39 is 10.8 Å². The monoisotopic (exact) mass is 339 g/mol. The standard InChI is InChI=1S/C18H17N3O4/c22-17-11-6-12-19(17)13-20(14-7-2-1-3-8-14)18(23)15-9-4-5-10-16(15)21(24)25/h1-5,7-10H,6,11-13H2. The molecule has 3 rings (SSSR count). The van der Waals surface area contributed by atoms with Crippen molar-refractivity contribution in [2.75, 3.05) is 18.1 Å². The van der Waals surface area contributed by atoms with Crippen molar-refractivity contribution in [3.63, 3.8) is 0 Å². The highest BCUT2D eigenvalue weighted by Crippen LogP contribution is 2.24. The molecule has 25 heavy (non-hydrogen) atoms. The first-order valence-corrected chi connectivity index (χ1v) is 7.96. The molecule has 1 fully saturated rings. The van der Waals surface area contributed by atoms with Crippen LogP contribution in [0.4, 0.5) is 11.4 Å². The summed E-state index contributed by atoms with van der Waals surface area (Å²) in [6.45, 7) is 0.653. The van der Waals surface area contributed by atoms with Crippen molar-refractivity contribution in [2.24, 2.45) is 0 Å². The fraction of sp³-hybridized carbons (Fsp3) is 0.222. The molecule has 2 aromatic carbocycles. The number of para-hydroxylation sites is 2. The Kier molecular flexibility index (Phi) is 4.74. The second kappa shape index (κ2) is 7.12. The first-order chi connectivity index (χ1) is 12.1. The van der Waals surface area contributed by atoms with Crippen molar-refractivity contribution >= 4 is 23.2 Å². The van der Waals surface area contributed by atoms with E-state index in [-0.39, 0.29) is 23.8 Å². The summed E-state index contributed by atoms with van der Waals surface area (Å²) in [5, 5.41) is 11.3. The van der Waals surface area contributed by atoms with Gasteiger partial charge in [-0.3, -0.25) is 24.6 Å². The summed E-state index contributed by atoms with van der Waals surface area (Å²) in [7, 11) is 0. The van der Waals surface area contributed by atoms with Gasteiger partial charge < -0.3 is 4.90 Å². The fourth-order valence-corrected chi connectivity index (χ4v) is 2.85. The van der Waals surface area contributed by atoms with E-state index in [2.05, 4.69) is 0 Å². The van der Waals surface area contributed by atoms with Crippen LogP contribution in [0.5, 0.6) is 0 Å². The Hall–Kier alpha value is -3.22. The van der Waals surface area contributed by atoms with Gasteiger partial charge in [0.25, 0.3) is 11.6 Å². The number of likely N-dealkylation sites (tertiary alicyclic amines) is 1. The third-order valence-electron chi connectivity index (χ3n) is 4.13. The summed E-state index contributed by atoms with van der Waals surface area (Å²) in [5.41, 5.74) is 0.342. The van der Waals surface area contributed by atoms with Gasteiger partial charge in [-0.15, -0.1) is 0 Å². The van der Waals surface area contributed by atoms with Crippen LogP contribution in [-0.4, -0.2) is 34.9 Å². The van der Waals surface area contributed by atoms with E-state index in [0.717, 1.165) is 6.42 Å². The lowest BCUT2D eigenvalue weighted by molar-refractivity contribution is -0.385. The molecule has 1 heterocycles. The maximum absolute atomic E-state index is 13.0. The first kappa shape index (κ1) is 16.6. The van der Waals surface area contributed by atoms with Crippen LogP contribution in [0.1, 0.15) is 23.2 Å². The summed E-state index contributed by atoms with van der Waals surface area (Å²) < 4.78 is 0. The summed E-state index contributed by atoms with van der Waals surface area (Å²) in [4.78, 5) is 38.7. The molecule has 0 N–H and O–H groups in total. The molecular formula is C18H17N3O4. The molecule has 7 nitrogen and oxygen atoms in total. The molecule has 0 aliphatic carbocycles. The smallest absolute Gasteiger partial charge is 0.282 e. The summed E-state index contributed by atoms with van der Waals surface area (Å²) >= 11 is 0. The Balaban J connectivity index is 1.98. The number of carbonyl (C=O) groups excluding carboxylic acids is 2. The number of hydrogen-bond acceptors (Lipinski definition) is 4. The van der Waals surface area contributed by atoms with Gasteiger partial charge in [0.2, 0.25) is 5.91 Å². The zero-order valence-electron chi connectivity index (χ0n) is 13.5. The van der Waals surface area contributed by atoms with Crippen molar-refractivity contribution < 1.29 is 14.5 Å². The first-order valence-electron chi connectivity index (χ1n) is 7.96. The van der Waals surface area contributed by atoms with Gasteiger partial charge in [0.1, 0.15) is 12.2 Å². The van der Waals surface area contributed by atoms with Crippen molar-refractivity contribution in [1.29, 1.82) is 0 Å². The third kappa shape index (κ3) is 3.50. The molecule has 0 spiro atoms. The van der Waals surface area contributed by atoms with E-state index in [1.807, 2.05) is 6.07 Å². The van der Waals surface area contributed by atoms with E-state index in [0.29, 0.717) is 18.7 Å². The number of carbonyl (C=O) groups is 2. The molecule has 0 aromatic heterocycles. The van der Waals surface area contributed by atoms with Crippen molar-refractivity contribution in [3.05, 3.63) is 70.3 Å². The van der Waals surface area contributed by atoms with Crippen LogP contribution in [0.15, 0.2) is 54.6 Å². The topological polar surface area (TPSA) is 83.8 Å². The van der Waals surface area contributed by atoms with Crippen LogP contribution in [0.2, 0.25) is 0 Å². The zero-order chi connectivity index (χ0) is 17.8. The normalized spacial score (nSPS) is 13.8. The van der Waals surface area contributed by atoms with Gasteiger partial charge in [0.05, 0.1) is 4.92 Å². The van der Waals surface area contributed by atoms with Gasteiger partial charge in [-0.25, -0.2) is 0 Å². The third-order valence-corrected chi connectivity index (χ3v) is 4.13. The molecule has 128 valence electrons. The molecule has 0 atom stereocenters. The number of anilines is 1. The van der Waals surface area contributed by atoms with Crippen LogP contribution in [0.25, 0.3) is 0 Å². The predicted molar refractivity (Wildman–Crippen MR) is 92.2 cm³/mol. The van der Waals surface area contributed by atoms with Crippen LogP contribution >= 0.6 is 0 Å². The van der Waals surface area contributed by atoms with Crippen molar-refractivity contribution in [3.8, 4) is 0 Å². The van der Waals surface area contributed by atoms with Crippen molar-refractivity contribution in [2.45, 2.75) is 12.8 Å². The maximum atomic E-state index is 13.0. The Morgan fingerprint density at radius 3 is 2.44 bits per heavy atom. The molecular weight excluding hydrogens is 322 g/mol. The van der Waals surface area contributed by atoms with E-state index in [1.54, 1.807) is 35.2 Å². The molecule has 0 unspecified atom stereocenters. The SMILES string of the molecule is O=C1CCCN1CN(C(=O)c1ccccc1[N+](=O)[O-])c1ccccc1. The minimum Gasteiger partial charge on any atom is -0.324 e. The lowest BCUT2D eigenvalue weighted by atomic mass is 10.1. The van der Waals surface area contributed by atoms with E-state index in [4.69, 9.17) is 0 Å². The average molecular weight is 339 g/mol. The lowest BCUT2D eigenvalue weighted by Crippen LogP contribution is -2.42. The molecule has 0 saturated carbocycles. The number of benzene rings is 2. The maximum Gasteiger partial charge on any atom is 0.282 e. The summed E-state index contributed by atoms with van der Waals surface area (Å²) in [5.74, 6) is -0.519. The zero-order valence-corrected chi connectivity index (χ0v) is 13.5. The number of nitro groups is 1. The molecule has 0 radical (unpaired) electrons. The number of rotatable bonds is 5. The van der Waals surface area contributed by atoms with Gasteiger partial charge in [-0.1, -0.05) is 30.3 Å². The average Bonchev–Trinajstić information content (AvgIpc) is 3.04. The van der Waals surface area contributed by atoms with Gasteiger partial charge in [-0.2, -0.15) is 0 Å². The number of nitrogens with zero attached hydrogens (tertiary/aromatic N) is 3. The highest BCUT2D eigenvalue weighted by atomic mass is 16.6. The number of amides is 2. The van der Waals surface area contributed by atoms with Gasteiger partial charge in [0, 0.05) is 24.7 Å². The highest BCUT2D eigenvalue weighted by Gasteiger charge is 2.29. The predicted octanol–water partition coefficient (Wildman–Crippen LogP) is 2.82. The Morgan fingerprint density at radius 1 is 1.12 bits per heavy atom. The van der Waals surface area contributed by atoms with E-state index in [1.165, 1.54) is 23.1 Å². The second-order valence-corrected chi connectivity index (χ2v) is 5.75. The Labute approximate surface area is 144 Å². The van der Waals surface area contributed by atoms with E-state index >= 15 is 0 Å². The van der Waals surface area contributed by atoms with Gasteiger partial charge in [-0.05, 0) is 24.6 Å². The summed E-state index contributed by atoms with van der Waals surface area (Å²) in [6.07, 6.45) is 1.21. The Bertz CT molecular complexity index is 807. The molecule has 1 saturated heterocycles. The van der Waals surface area contributed by atoms with Gasteiger partial charge in [0.15, 0.2) is 0 Å². The quantitative estimate of drug-likeness (QED) is 0.619. The fourth-order valence-electron chi connectivity index (χ4n) is 2.85. The van der Waals surface area contributed by atoms with Crippen LogP contribution in [0, 0.1) is 10.1 Å². The highest BCUT2D eigenvalue weighted by molar-refractivity contribution is 6.08. The number of nitro benzene ring substituents is 1. The lowest BCUT2D eigenvalue weighted by Gasteiger charge is -2.28. The second-order valence-electron chi connectivity index (χ2n) is 5.75. The molecule has 2 amide bonds. The summed E-state index contributed by atoms with van der Waals surface area (Å²) in [6, 6.07) is 14.7. The molecule has 1 aliphatic heterocycles. The molecule has 1 aliphatic rings. The van der Waals surface area contributed by atoms with Gasteiger partial charge >= 0.3 is 0 Å².